The van der Waals surface area contributed by atoms with Gasteiger partial charge in [-0.25, -0.2) is 9.97 Å². The third-order valence-electron chi connectivity index (χ3n) is 3.34. The third-order valence-corrected chi connectivity index (χ3v) is 4.67. The molecule has 0 unspecified atom stereocenters. The van der Waals surface area contributed by atoms with Crippen molar-refractivity contribution in [3.05, 3.63) is 55.9 Å². The first-order valence-electron chi connectivity index (χ1n) is 8.36. The fraction of sp³-hybridized carbons (Fsp3) is 0.333. The summed E-state index contributed by atoms with van der Waals surface area (Å²) in [4.78, 5) is 30.5. The molecule has 0 saturated carbocycles. The number of ether oxygens (including phenoxy) is 1. The molecule has 3 rings (SSSR count). The summed E-state index contributed by atoms with van der Waals surface area (Å²) in [7, 11) is 0. The second-order valence-corrected chi connectivity index (χ2v) is 8.01. The smallest absolute Gasteiger partial charge is 0.378 e. The molecule has 12 heteroatoms. The van der Waals surface area contributed by atoms with E-state index in [0.717, 1.165) is 28.4 Å². The highest BCUT2D eigenvalue weighted by molar-refractivity contribution is 9.11. The number of rotatable bonds is 1. The van der Waals surface area contributed by atoms with Gasteiger partial charge in [-0.15, -0.1) is 0 Å². The van der Waals surface area contributed by atoms with Crippen molar-refractivity contribution in [2.75, 3.05) is 26.3 Å². The van der Waals surface area contributed by atoms with Crippen molar-refractivity contribution in [2.45, 2.75) is 13.1 Å². The van der Waals surface area contributed by atoms with E-state index in [1.807, 2.05) is 18.2 Å². The van der Waals surface area contributed by atoms with Crippen LogP contribution in [-0.4, -0.2) is 59.0 Å². The van der Waals surface area contributed by atoms with Crippen molar-refractivity contribution in [1.29, 1.82) is 0 Å². The van der Waals surface area contributed by atoms with E-state index in [2.05, 4.69) is 57.8 Å². The van der Waals surface area contributed by atoms with E-state index in [1.165, 1.54) is 12.1 Å². The lowest BCUT2D eigenvalue weighted by atomic mass is 10.2. The molecule has 30 heavy (non-hydrogen) atoms. The first-order valence-corrected chi connectivity index (χ1v) is 10.7. The number of ketones is 1. The van der Waals surface area contributed by atoms with Gasteiger partial charge in [-0.05, 0) is 72.1 Å². The van der Waals surface area contributed by atoms with Gasteiger partial charge in [-0.1, -0.05) is 12.1 Å². The predicted octanol–water partition coefficient (Wildman–Crippen LogP) is 5.06. The maximum absolute atomic E-state index is 11.9. The average molecular weight is 620 g/mol. The van der Waals surface area contributed by atoms with E-state index in [1.54, 1.807) is 11.8 Å². The lowest BCUT2D eigenvalue weighted by Crippen LogP contribution is -2.39. The summed E-state index contributed by atoms with van der Waals surface area (Å²) < 4.78 is 42.5. The van der Waals surface area contributed by atoms with Gasteiger partial charge in [-0.3, -0.25) is 9.59 Å². The molecule has 0 atom stereocenters. The maximum atomic E-state index is 11.9. The molecular formula is C18H17Br3F3N3O3. The van der Waals surface area contributed by atoms with Crippen molar-refractivity contribution in [1.82, 2.24) is 14.9 Å². The number of Topliss-reactive ketones (excluding diaryl/α,β-unsaturated/α-hetero) is 1. The quantitative estimate of drug-likeness (QED) is 0.330. The third kappa shape index (κ3) is 10.6. The standard InChI is InChI=1S/C7H3BrF3NO.C6H11NO2.C5H3Br2N/c8-5-3-1-2-4(12-5)6(13)7(9,10)11;1-6(8)7-2-4-9-5-3-7;6-4-2-1-3-5(7)8-4/h1-3H;2-5H2,1H3;1-3H. The summed E-state index contributed by atoms with van der Waals surface area (Å²) in [6.07, 6.45) is -4.87. The molecule has 2 aromatic rings. The minimum Gasteiger partial charge on any atom is -0.378 e. The number of alkyl halides is 3. The van der Waals surface area contributed by atoms with Gasteiger partial charge in [0.1, 0.15) is 19.5 Å². The second-order valence-electron chi connectivity index (χ2n) is 5.57. The van der Waals surface area contributed by atoms with Gasteiger partial charge in [0.05, 0.1) is 13.2 Å². The lowest BCUT2D eigenvalue weighted by molar-refractivity contribution is -0.132. The average Bonchev–Trinajstić information content (AvgIpc) is 2.68. The molecule has 0 aromatic carbocycles. The van der Waals surface area contributed by atoms with Crippen molar-refractivity contribution in [3.8, 4) is 0 Å². The SMILES string of the molecule is Brc1cccc(Br)n1.CC(=O)N1CCOCC1.O=C(c1cccc(Br)n1)C(F)(F)F. The van der Waals surface area contributed by atoms with Gasteiger partial charge in [0, 0.05) is 20.0 Å². The minimum atomic E-state index is -4.87. The number of pyridine rings is 2. The molecule has 1 amide bonds. The summed E-state index contributed by atoms with van der Waals surface area (Å²) >= 11 is 9.31. The monoisotopic (exact) mass is 617 g/mol. The molecule has 0 spiro atoms. The van der Waals surface area contributed by atoms with Crippen LogP contribution in [0.25, 0.3) is 0 Å². The zero-order chi connectivity index (χ0) is 22.7. The second kappa shape index (κ2) is 13.1. The summed E-state index contributed by atoms with van der Waals surface area (Å²) in [5.41, 5.74) is -0.609. The molecule has 0 N–H and O–H groups in total. The first kappa shape index (κ1) is 26.7. The van der Waals surface area contributed by atoms with Gasteiger partial charge in [0.15, 0.2) is 0 Å². The number of carbonyl (C=O) groups is 2. The van der Waals surface area contributed by atoms with E-state index >= 15 is 0 Å². The van der Waals surface area contributed by atoms with Crippen LogP contribution in [0.4, 0.5) is 13.2 Å². The van der Waals surface area contributed by atoms with Crippen molar-refractivity contribution in [2.24, 2.45) is 0 Å². The highest BCUT2D eigenvalue weighted by Gasteiger charge is 2.40. The molecule has 3 heterocycles. The number of halogens is 6. The van der Waals surface area contributed by atoms with E-state index in [-0.39, 0.29) is 10.5 Å². The zero-order valence-electron chi connectivity index (χ0n) is 15.6. The molecule has 164 valence electrons. The van der Waals surface area contributed by atoms with Gasteiger partial charge in [0.25, 0.3) is 5.78 Å². The molecule has 0 bridgehead atoms. The topological polar surface area (TPSA) is 72.4 Å². The summed E-state index contributed by atoms with van der Waals surface area (Å²) in [6.45, 7) is 4.50. The molecule has 2 aromatic heterocycles. The van der Waals surface area contributed by atoms with Gasteiger partial charge >= 0.3 is 6.18 Å². The normalized spacial score (nSPS) is 13.4. The van der Waals surface area contributed by atoms with E-state index < -0.39 is 17.7 Å². The van der Waals surface area contributed by atoms with Crippen LogP contribution in [0.2, 0.25) is 0 Å². The molecule has 0 radical (unpaired) electrons. The minimum absolute atomic E-state index is 0.151. The van der Waals surface area contributed by atoms with Gasteiger partial charge in [-0.2, -0.15) is 13.2 Å². The van der Waals surface area contributed by atoms with E-state index in [0.29, 0.717) is 13.2 Å². The van der Waals surface area contributed by atoms with Crippen molar-refractivity contribution < 1.29 is 27.5 Å². The molecule has 1 fully saturated rings. The van der Waals surface area contributed by atoms with Crippen LogP contribution in [0.15, 0.2) is 50.2 Å². The van der Waals surface area contributed by atoms with Gasteiger partial charge in [0.2, 0.25) is 5.91 Å². The van der Waals surface area contributed by atoms with E-state index in [9.17, 15) is 22.8 Å². The highest BCUT2D eigenvalue weighted by atomic mass is 79.9. The largest absolute Gasteiger partial charge is 0.456 e. The number of amides is 1. The fourth-order valence-electron chi connectivity index (χ4n) is 1.94. The summed E-state index contributed by atoms with van der Waals surface area (Å²) in [5.74, 6) is -1.79. The van der Waals surface area contributed by atoms with Crippen LogP contribution in [0.1, 0.15) is 17.4 Å². The Hall–Kier alpha value is -1.37. The Morgan fingerprint density at radius 2 is 1.40 bits per heavy atom. The van der Waals surface area contributed by atoms with Crippen LogP contribution in [0.5, 0.6) is 0 Å². The zero-order valence-corrected chi connectivity index (χ0v) is 20.4. The lowest BCUT2D eigenvalue weighted by Gasteiger charge is -2.25. The number of morpholine rings is 1. The fourth-order valence-corrected chi connectivity index (χ4v) is 3.21. The molecule has 0 aliphatic carbocycles. The number of hydrogen-bond donors (Lipinski definition) is 0. The number of aromatic nitrogens is 2. The maximum Gasteiger partial charge on any atom is 0.456 e. The Morgan fingerprint density at radius 1 is 0.933 bits per heavy atom. The van der Waals surface area contributed by atoms with Gasteiger partial charge < -0.3 is 9.64 Å². The Kier molecular flexibility index (Phi) is 11.7. The summed E-state index contributed by atoms with van der Waals surface area (Å²) in [6, 6.07) is 9.44. The Bertz CT molecular complexity index is 831. The van der Waals surface area contributed by atoms with Crippen molar-refractivity contribution in [3.63, 3.8) is 0 Å². The van der Waals surface area contributed by atoms with Crippen molar-refractivity contribution >= 4 is 59.5 Å². The molecule has 1 aliphatic rings. The van der Waals surface area contributed by atoms with Crippen LogP contribution in [0, 0.1) is 0 Å². The molecule has 1 saturated heterocycles. The van der Waals surface area contributed by atoms with E-state index in [4.69, 9.17) is 4.74 Å². The Balaban J connectivity index is 0.000000234. The molecular weight excluding hydrogens is 603 g/mol. The number of nitrogens with zero attached hydrogens (tertiary/aromatic N) is 3. The summed E-state index contributed by atoms with van der Waals surface area (Å²) in [5, 5.41) is 0. The highest BCUT2D eigenvalue weighted by Crippen LogP contribution is 2.21. The molecule has 1 aliphatic heterocycles. The van der Waals surface area contributed by atoms with Crippen LogP contribution in [-0.2, 0) is 9.53 Å². The Morgan fingerprint density at radius 3 is 1.73 bits per heavy atom. The van der Waals surface area contributed by atoms with Crippen LogP contribution < -0.4 is 0 Å². The molecule has 6 nitrogen and oxygen atoms in total. The number of hydrogen-bond acceptors (Lipinski definition) is 5. The van der Waals surface area contributed by atoms with Crippen LogP contribution >= 0.6 is 47.8 Å². The predicted molar refractivity (Wildman–Crippen MR) is 115 cm³/mol. The Labute approximate surface area is 196 Å². The first-order chi connectivity index (χ1) is 14.0. The number of carbonyl (C=O) groups excluding carboxylic acids is 2. The van der Waals surface area contributed by atoms with Crippen LogP contribution in [0.3, 0.4) is 0 Å².